The average Bonchev–Trinajstić information content (AvgIpc) is 2.71. The van der Waals surface area contributed by atoms with E-state index in [1.165, 1.54) is 18.0 Å². The van der Waals surface area contributed by atoms with Crippen LogP contribution >= 0.6 is 0 Å². The van der Waals surface area contributed by atoms with Crippen LogP contribution < -0.4 is 4.74 Å². The van der Waals surface area contributed by atoms with Gasteiger partial charge in [0.2, 0.25) is 0 Å². The van der Waals surface area contributed by atoms with Gasteiger partial charge in [-0.2, -0.15) is 0 Å². The predicted octanol–water partition coefficient (Wildman–Crippen LogP) is 3.00. The summed E-state index contributed by atoms with van der Waals surface area (Å²) in [6, 6.07) is 12.6. The van der Waals surface area contributed by atoms with Gasteiger partial charge in [-0.15, -0.1) is 0 Å². The maximum absolute atomic E-state index is 13.6. The molecule has 0 aliphatic heterocycles. The molecule has 2 aromatic carbocycles. The lowest BCUT2D eigenvalue weighted by atomic mass is 10.1. The number of Topliss-reactive ketones (excluding diaryl/α,β-unsaturated/α-hetero) is 1. The Kier molecular flexibility index (Phi) is 7.68. The molecule has 1 amide bonds. The van der Waals surface area contributed by atoms with Crippen molar-refractivity contribution >= 4 is 17.7 Å². The van der Waals surface area contributed by atoms with E-state index in [9.17, 15) is 18.8 Å². The number of halogens is 1. The predicted molar refractivity (Wildman–Crippen MR) is 100 cm³/mol. The minimum atomic E-state index is -0.707. The van der Waals surface area contributed by atoms with Crippen LogP contribution in [-0.4, -0.2) is 42.8 Å². The first-order valence-electron chi connectivity index (χ1n) is 8.79. The van der Waals surface area contributed by atoms with Crippen molar-refractivity contribution in [3.05, 3.63) is 65.5 Å². The number of hydrogen-bond acceptors (Lipinski definition) is 5. The van der Waals surface area contributed by atoms with Crippen LogP contribution in [0.15, 0.2) is 48.5 Å². The van der Waals surface area contributed by atoms with Crippen LogP contribution in [0.4, 0.5) is 4.39 Å². The van der Waals surface area contributed by atoms with Crippen molar-refractivity contribution in [2.75, 3.05) is 20.3 Å². The highest BCUT2D eigenvalue weighted by Crippen LogP contribution is 2.13. The Labute approximate surface area is 162 Å². The van der Waals surface area contributed by atoms with Crippen molar-refractivity contribution in [2.45, 2.75) is 19.9 Å². The Morgan fingerprint density at radius 2 is 1.68 bits per heavy atom. The van der Waals surface area contributed by atoms with Gasteiger partial charge < -0.3 is 14.4 Å². The molecule has 0 heterocycles. The van der Waals surface area contributed by atoms with Gasteiger partial charge in [-0.05, 0) is 30.3 Å². The number of hydrogen-bond donors (Lipinski definition) is 0. The Morgan fingerprint density at radius 3 is 2.32 bits per heavy atom. The van der Waals surface area contributed by atoms with Crippen molar-refractivity contribution in [2.24, 2.45) is 0 Å². The lowest BCUT2D eigenvalue weighted by Crippen LogP contribution is -2.31. The number of ether oxygens (including phenoxy) is 2. The average molecular weight is 387 g/mol. The molecule has 0 aromatic heterocycles. The number of benzene rings is 2. The van der Waals surface area contributed by atoms with E-state index in [0.717, 1.165) is 0 Å². The monoisotopic (exact) mass is 387 g/mol. The van der Waals surface area contributed by atoms with Crippen LogP contribution in [0, 0.1) is 5.82 Å². The van der Waals surface area contributed by atoms with Gasteiger partial charge in [0.25, 0.3) is 5.91 Å². The summed E-state index contributed by atoms with van der Waals surface area (Å²) >= 11 is 0. The zero-order chi connectivity index (χ0) is 20.5. The second-order valence-electron chi connectivity index (χ2n) is 6.09. The first-order valence-corrected chi connectivity index (χ1v) is 8.79. The van der Waals surface area contributed by atoms with E-state index >= 15 is 0 Å². The van der Waals surface area contributed by atoms with Gasteiger partial charge in [0.15, 0.2) is 19.0 Å². The zero-order valence-corrected chi connectivity index (χ0v) is 15.8. The summed E-state index contributed by atoms with van der Waals surface area (Å²) in [7, 11) is 1.50. The van der Waals surface area contributed by atoms with Gasteiger partial charge in [0.05, 0.1) is 0 Å². The Balaban J connectivity index is 1.75. The SMILES string of the molecule is CCC(=O)c1ccc(OCC(=O)OCC(=O)N(C)Cc2ccccc2F)cc1. The van der Waals surface area contributed by atoms with E-state index in [1.807, 2.05) is 0 Å². The molecular weight excluding hydrogens is 365 g/mol. The standard InChI is InChI=1S/C21H22FNO5/c1-3-19(24)15-8-10-17(11-9-15)27-14-21(26)28-13-20(25)23(2)12-16-6-4-5-7-18(16)22/h4-11H,3,12-14H2,1-2H3. The van der Waals surface area contributed by atoms with Gasteiger partial charge in [-0.25, -0.2) is 9.18 Å². The highest BCUT2D eigenvalue weighted by atomic mass is 19.1. The molecule has 2 rings (SSSR count). The smallest absolute Gasteiger partial charge is 0.344 e. The topological polar surface area (TPSA) is 72.9 Å². The molecule has 0 aliphatic carbocycles. The maximum atomic E-state index is 13.6. The Morgan fingerprint density at radius 1 is 1.00 bits per heavy atom. The third-order valence-electron chi connectivity index (χ3n) is 4.00. The highest BCUT2D eigenvalue weighted by molar-refractivity contribution is 5.95. The molecule has 0 atom stereocenters. The molecule has 28 heavy (non-hydrogen) atoms. The lowest BCUT2D eigenvalue weighted by Gasteiger charge is -2.17. The van der Waals surface area contributed by atoms with E-state index in [1.54, 1.807) is 49.4 Å². The summed E-state index contributed by atoms with van der Waals surface area (Å²) in [5, 5.41) is 0. The van der Waals surface area contributed by atoms with Crippen molar-refractivity contribution in [1.82, 2.24) is 4.90 Å². The second kappa shape index (κ2) is 10.2. The number of nitrogens with zero attached hydrogens (tertiary/aromatic N) is 1. The van der Waals surface area contributed by atoms with Crippen LogP contribution in [0.2, 0.25) is 0 Å². The van der Waals surface area contributed by atoms with Gasteiger partial charge in [-0.1, -0.05) is 25.1 Å². The van der Waals surface area contributed by atoms with E-state index in [4.69, 9.17) is 9.47 Å². The number of likely N-dealkylation sites (N-methyl/N-ethyl adjacent to an activating group) is 1. The van der Waals surface area contributed by atoms with Crippen LogP contribution in [-0.2, 0) is 20.9 Å². The third kappa shape index (κ3) is 6.19. The minimum Gasteiger partial charge on any atom is -0.482 e. The molecule has 0 bridgehead atoms. The number of amides is 1. The summed E-state index contributed by atoms with van der Waals surface area (Å²) < 4.78 is 23.8. The van der Waals surface area contributed by atoms with Gasteiger partial charge in [-0.3, -0.25) is 9.59 Å². The Hall–Kier alpha value is -3.22. The van der Waals surface area contributed by atoms with Gasteiger partial charge >= 0.3 is 5.97 Å². The van der Waals surface area contributed by atoms with E-state index < -0.39 is 24.3 Å². The summed E-state index contributed by atoms with van der Waals surface area (Å²) in [6.45, 7) is 1.02. The molecule has 0 fully saturated rings. The molecule has 6 nitrogen and oxygen atoms in total. The largest absolute Gasteiger partial charge is 0.482 e. The summed E-state index contributed by atoms with van der Waals surface area (Å²) in [5.74, 6) is -1.14. The molecule has 0 N–H and O–H groups in total. The quantitative estimate of drug-likeness (QED) is 0.489. The number of esters is 1. The van der Waals surface area contributed by atoms with E-state index in [-0.39, 0.29) is 18.9 Å². The molecule has 0 spiro atoms. The summed E-state index contributed by atoms with van der Waals surface area (Å²) in [5.41, 5.74) is 0.943. The molecule has 0 saturated carbocycles. The fourth-order valence-electron chi connectivity index (χ4n) is 2.35. The fourth-order valence-corrected chi connectivity index (χ4v) is 2.35. The van der Waals surface area contributed by atoms with Crippen LogP contribution in [0.1, 0.15) is 29.3 Å². The first-order chi connectivity index (χ1) is 13.4. The highest BCUT2D eigenvalue weighted by Gasteiger charge is 2.14. The van der Waals surface area contributed by atoms with E-state index in [0.29, 0.717) is 23.3 Å². The molecule has 148 valence electrons. The molecule has 0 aliphatic rings. The molecule has 0 saturated heterocycles. The minimum absolute atomic E-state index is 0.0176. The van der Waals surface area contributed by atoms with Crippen LogP contribution in [0.3, 0.4) is 0 Å². The number of rotatable bonds is 9. The third-order valence-corrected chi connectivity index (χ3v) is 4.00. The number of carbonyl (C=O) groups excluding carboxylic acids is 3. The maximum Gasteiger partial charge on any atom is 0.344 e. The lowest BCUT2D eigenvalue weighted by molar-refractivity contribution is -0.153. The first kappa shape index (κ1) is 21.1. The summed E-state index contributed by atoms with van der Waals surface area (Å²) in [4.78, 5) is 36.6. The normalized spacial score (nSPS) is 10.2. The molecule has 7 heteroatoms. The van der Waals surface area contributed by atoms with Crippen molar-refractivity contribution in [3.8, 4) is 5.75 Å². The molecular formula is C21H22FNO5. The van der Waals surface area contributed by atoms with Crippen LogP contribution in [0.5, 0.6) is 5.75 Å². The van der Waals surface area contributed by atoms with Gasteiger partial charge in [0.1, 0.15) is 11.6 Å². The van der Waals surface area contributed by atoms with Crippen LogP contribution in [0.25, 0.3) is 0 Å². The van der Waals surface area contributed by atoms with Crippen molar-refractivity contribution in [3.63, 3.8) is 0 Å². The zero-order valence-electron chi connectivity index (χ0n) is 15.8. The summed E-state index contributed by atoms with van der Waals surface area (Å²) in [6.07, 6.45) is 0.409. The van der Waals surface area contributed by atoms with Crippen molar-refractivity contribution in [1.29, 1.82) is 0 Å². The fraction of sp³-hybridized carbons (Fsp3) is 0.286. The van der Waals surface area contributed by atoms with Gasteiger partial charge in [0, 0.05) is 31.1 Å². The Bertz CT molecular complexity index is 835. The molecule has 2 aromatic rings. The second-order valence-corrected chi connectivity index (χ2v) is 6.09. The number of carbonyl (C=O) groups is 3. The molecule has 0 radical (unpaired) electrons. The van der Waals surface area contributed by atoms with Crippen molar-refractivity contribution < 1.29 is 28.2 Å². The molecule has 0 unspecified atom stereocenters. The van der Waals surface area contributed by atoms with E-state index in [2.05, 4.69) is 0 Å². The number of ketones is 1.